The fraction of sp³-hybridized carbons (Fsp3) is 0.217. The molecule has 2 aromatic carbocycles. The molecule has 1 heterocycles. The average Bonchev–Trinajstić information content (AvgIpc) is 3.27. The van der Waals surface area contributed by atoms with Gasteiger partial charge in [-0.1, -0.05) is 42.5 Å². The molecule has 3 aromatic rings. The van der Waals surface area contributed by atoms with E-state index >= 15 is 0 Å². The molecule has 0 bridgehead atoms. The summed E-state index contributed by atoms with van der Waals surface area (Å²) in [6.45, 7) is 2.43. The lowest BCUT2D eigenvalue weighted by atomic mass is 10.0. The minimum absolute atomic E-state index is 0.0765. The van der Waals surface area contributed by atoms with E-state index in [2.05, 4.69) is 20.9 Å². The number of benzene rings is 2. The van der Waals surface area contributed by atoms with Crippen molar-refractivity contribution in [2.75, 3.05) is 17.2 Å². The maximum Gasteiger partial charge on any atom is 0.321 e. The van der Waals surface area contributed by atoms with Gasteiger partial charge in [-0.2, -0.15) is 0 Å². The number of amides is 3. The number of urea groups is 1. The maximum absolute atomic E-state index is 12.5. The molecule has 1 atom stereocenters. The molecule has 0 saturated carbocycles. The molecule has 9 nitrogen and oxygen atoms in total. The van der Waals surface area contributed by atoms with Gasteiger partial charge in [0.2, 0.25) is 0 Å². The van der Waals surface area contributed by atoms with Crippen LogP contribution in [-0.4, -0.2) is 29.5 Å². The summed E-state index contributed by atoms with van der Waals surface area (Å²) in [5.41, 5.74) is 8.49. The molecule has 0 fully saturated rings. The maximum atomic E-state index is 12.5. The topological polar surface area (TPSA) is 135 Å². The van der Waals surface area contributed by atoms with Crippen LogP contribution in [0.2, 0.25) is 0 Å². The van der Waals surface area contributed by atoms with Crippen LogP contribution < -0.4 is 21.7 Å². The van der Waals surface area contributed by atoms with E-state index in [1.54, 1.807) is 36.6 Å². The fourth-order valence-corrected chi connectivity index (χ4v) is 3.57. The van der Waals surface area contributed by atoms with Gasteiger partial charge in [-0.25, -0.2) is 9.78 Å². The molecule has 0 radical (unpaired) electrons. The van der Waals surface area contributed by atoms with Crippen molar-refractivity contribution in [3.8, 4) is 0 Å². The lowest BCUT2D eigenvalue weighted by Gasteiger charge is -2.12. The number of carbonyl (C=O) groups excluding carboxylic acids is 3. The predicted octanol–water partition coefficient (Wildman–Crippen LogP) is 3.67. The Labute approximate surface area is 195 Å². The summed E-state index contributed by atoms with van der Waals surface area (Å²) in [4.78, 5) is 40.3. The van der Waals surface area contributed by atoms with Crippen LogP contribution in [0.25, 0.3) is 0 Å². The Bertz CT molecular complexity index is 1090. The monoisotopic (exact) mass is 467 g/mol. The highest BCUT2D eigenvalue weighted by atomic mass is 32.1. The minimum atomic E-state index is -0.492. The van der Waals surface area contributed by atoms with E-state index in [1.165, 1.54) is 0 Å². The third-order valence-electron chi connectivity index (χ3n) is 4.54. The molecule has 3 rings (SSSR count). The largest absolute Gasteiger partial charge is 0.466 e. The molecule has 10 heteroatoms. The summed E-state index contributed by atoms with van der Waals surface area (Å²) in [6.07, 6.45) is 0.0765. The van der Waals surface area contributed by atoms with Crippen LogP contribution in [0.15, 0.2) is 60.0 Å². The smallest absolute Gasteiger partial charge is 0.321 e. The van der Waals surface area contributed by atoms with E-state index in [0.29, 0.717) is 24.0 Å². The highest BCUT2D eigenvalue weighted by molar-refractivity contribution is 7.14. The molecule has 5 N–H and O–H groups in total. The second-order valence-corrected chi connectivity index (χ2v) is 7.88. The van der Waals surface area contributed by atoms with E-state index in [9.17, 15) is 14.4 Å². The molecule has 0 saturated heterocycles. The van der Waals surface area contributed by atoms with Gasteiger partial charge in [0.05, 0.1) is 13.0 Å². The van der Waals surface area contributed by atoms with Gasteiger partial charge in [-0.15, -0.1) is 11.3 Å². The molecule has 3 amide bonds. The lowest BCUT2D eigenvalue weighted by Crippen LogP contribution is -2.28. The van der Waals surface area contributed by atoms with E-state index in [4.69, 9.17) is 10.5 Å². The van der Waals surface area contributed by atoms with Crippen LogP contribution in [-0.2, 0) is 16.1 Å². The van der Waals surface area contributed by atoms with Crippen LogP contribution in [0.5, 0.6) is 0 Å². The Morgan fingerprint density at radius 1 is 1.06 bits per heavy atom. The normalized spacial score (nSPS) is 11.3. The number of anilines is 2. The van der Waals surface area contributed by atoms with Gasteiger partial charge in [0.25, 0.3) is 5.91 Å². The quantitative estimate of drug-likeness (QED) is 0.355. The number of esters is 1. The van der Waals surface area contributed by atoms with Crippen LogP contribution in [0.3, 0.4) is 0 Å². The first-order valence-corrected chi connectivity index (χ1v) is 11.2. The SMILES string of the molecule is CCOC(=O)CC(N)c1ccc(NC(=O)c2csc(NC(=O)NCc3ccccc3)n2)cc1. The average molecular weight is 468 g/mol. The Morgan fingerprint density at radius 3 is 2.48 bits per heavy atom. The lowest BCUT2D eigenvalue weighted by molar-refractivity contribution is -0.143. The molecule has 0 spiro atoms. The van der Waals surface area contributed by atoms with Gasteiger partial charge in [-0.05, 0) is 30.2 Å². The summed E-state index contributed by atoms with van der Waals surface area (Å²) < 4.78 is 4.91. The zero-order valence-corrected chi connectivity index (χ0v) is 18.9. The Kier molecular flexibility index (Phi) is 8.50. The highest BCUT2D eigenvalue weighted by Gasteiger charge is 2.15. The van der Waals surface area contributed by atoms with Crippen molar-refractivity contribution in [1.29, 1.82) is 0 Å². The molecular formula is C23H25N5O4S. The van der Waals surface area contributed by atoms with Crippen LogP contribution in [0.4, 0.5) is 15.6 Å². The molecule has 0 aliphatic carbocycles. The van der Waals surface area contributed by atoms with Crippen molar-refractivity contribution in [2.24, 2.45) is 5.73 Å². The molecule has 0 aliphatic heterocycles. The van der Waals surface area contributed by atoms with Gasteiger partial charge in [0.15, 0.2) is 5.13 Å². The summed E-state index contributed by atoms with van der Waals surface area (Å²) >= 11 is 1.15. The third kappa shape index (κ3) is 7.41. The van der Waals surface area contributed by atoms with Gasteiger partial charge in [0, 0.05) is 23.7 Å². The van der Waals surface area contributed by atoms with Crippen LogP contribution in [0.1, 0.15) is 41.0 Å². The number of hydrogen-bond donors (Lipinski definition) is 4. The van der Waals surface area contributed by atoms with Crippen LogP contribution in [0, 0.1) is 0 Å². The molecule has 1 aromatic heterocycles. The van der Waals surface area contributed by atoms with E-state index in [-0.39, 0.29) is 18.1 Å². The van der Waals surface area contributed by atoms with Gasteiger partial charge in [0.1, 0.15) is 5.69 Å². The third-order valence-corrected chi connectivity index (χ3v) is 5.30. The van der Waals surface area contributed by atoms with Gasteiger partial charge in [-0.3, -0.25) is 14.9 Å². The van der Waals surface area contributed by atoms with E-state index in [0.717, 1.165) is 22.5 Å². The molecule has 172 valence electrons. The number of nitrogens with one attached hydrogen (secondary N) is 3. The zero-order chi connectivity index (χ0) is 23.6. The number of thiazole rings is 1. The van der Waals surface area contributed by atoms with Crippen molar-refractivity contribution in [3.63, 3.8) is 0 Å². The number of nitrogens with zero attached hydrogens (tertiary/aromatic N) is 1. The zero-order valence-electron chi connectivity index (χ0n) is 18.0. The minimum Gasteiger partial charge on any atom is -0.466 e. The molecule has 33 heavy (non-hydrogen) atoms. The molecule has 1 unspecified atom stereocenters. The number of rotatable bonds is 9. The Morgan fingerprint density at radius 2 is 1.79 bits per heavy atom. The fourth-order valence-electron chi connectivity index (χ4n) is 2.88. The predicted molar refractivity (Wildman–Crippen MR) is 127 cm³/mol. The molecular weight excluding hydrogens is 442 g/mol. The van der Waals surface area contributed by atoms with Gasteiger partial charge < -0.3 is 21.1 Å². The first kappa shape index (κ1) is 23.9. The second kappa shape index (κ2) is 11.7. The number of aromatic nitrogens is 1. The van der Waals surface area contributed by atoms with E-state index < -0.39 is 18.0 Å². The summed E-state index contributed by atoms with van der Waals surface area (Å²) in [5.74, 6) is -0.767. The number of ether oxygens (including phenoxy) is 1. The standard InChI is InChI=1S/C23H25N5O4S/c1-2-32-20(29)12-18(24)16-8-10-17(11-9-16)26-21(30)19-14-33-23(27-19)28-22(31)25-13-15-6-4-3-5-7-15/h3-11,14,18H,2,12-13,24H2,1H3,(H,26,30)(H2,25,27,28,31). The number of nitrogens with two attached hydrogens (primary N) is 1. The summed E-state index contributed by atoms with van der Waals surface area (Å²) in [5, 5.41) is 9.97. The Hall–Kier alpha value is -3.76. The number of hydrogen-bond acceptors (Lipinski definition) is 7. The Balaban J connectivity index is 1.49. The first-order chi connectivity index (χ1) is 15.9. The van der Waals surface area contributed by atoms with Crippen molar-refractivity contribution >= 4 is 40.1 Å². The second-order valence-electron chi connectivity index (χ2n) is 7.02. The van der Waals surface area contributed by atoms with Crippen molar-refractivity contribution < 1.29 is 19.1 Å². The summed E-state index contributed by atoms with van der Waals surface area (Å²) in [6, 6.07) is 15.5. The highest BCUT2D eigenvalue weighted by Crippen LogP contribution is 2.20. The number of carbonyl (C=O) groups is 3. The molecule has 0 aliphatic rings. The van der Waals surface area contributed by atoms with Crippen molar-refractivity contribution in [2.45, 2.75) is 25.9 Å². The van der Waals surface area contributed by atoms with Crippen molar-refractivity contribution in [3.05, 3.63) is 76.8 Å². The van der Waals surface area contributed by atoms with Crippen LogP contribution >= 0.6 is 11.3 Å². The summed E-state index contributed by atoms with van der Waals surface area (Å²) in [7, 11) is 0. The van der Waals surface area contributed by atoms with E-state index in [1.807, 2.05) is 30.3 Å². The van der Waals surface area contributed by atoms with Crippen molar-refractivity contribution in [1.82, 2.24) is 10.3 Å². The van der Waals surface area contributed by atoms with Gasteiger partial charge >= 0.3 is 12.0 Å². The first-order valence-electron chi connectivity index (χ1n) is 10.3.